The van der Waals surface area contributed by atoms with Gasteiger partial charge in [0, 0.05) is 6.61 Å². The quantitative estimate of drug-likeness (QED) is 0.0697. The molecule has 45 heavy (non-hydrogen) atoms. The minimum absolute atomic E-state index is 0.0785. The molecular formula is C34H68O11. The number of hydrogen-bond acceptors (Lipinski definition) is 11. The smallest absolute Gasteiger partial charge is 0.308 e. The zero-order valence-corrected chi connectivity index (χ0v) is 28.6. The van der Waals surface area contributed by atoms with E-state index in [9.17, 15) is 4.79 Å². The first-order chi connectivity index (χ1) is 22.2. The third-order valence-electron chi connectivity index (χ3n) is 6.97. The molecule has 0 aliphatic carbocycles. The molecule has 1 unspecified atom stereocenters. The van der Waals surface area contributed by atoms with Gasteiger partial charge < -0.3 is 48.1 Å². The summed E-state index contributed by atoms with van der Waals surface area (Å²) in [5, 5.41) is 17.7. The molecule has 0 spiro atoms. The summed E-state index contributed by atoms with van der Waals surface area (Å²) in [6, 6.07) is 0. The second-order valence-electron chi connectivity index (χ2n) is 11.2. The monoisotopic (exact) mass is 652 g/mol. The molecule has 0 bridgehead atoms. The maximum absolute atomic E-state index is 11.4. The summed E-state index contributed by atoms with van der Waals surface area (Å²) >= 11 is 0. The summed E-state index contributed by atoms with van der Waals surface area (Å²) in [7, 11) is 0. The van der Waals surface area contributed by atoms with Crippen LogP contribution in [0.1, 0.15) is 103 Å². The van der Waals surface area contributed by atoms with Gasteiger partial charge in [-0.25, -0.2) is 0 Å². The van der Waals surface area contributed by atoms with Crippen LogP contribution in [0.5, 0.6) is 0 Å². The lowest BCUT2D eigenvalue weighted by molar-refractivity contribution is -0.148. The molecule has 0 saturated heterocycles. The largest absolute Gasteiger partial charge is 0.463 e. The van der Waals surface area contributed by atoms with Crippen molar-refractivity contribution < 1.29 is 52.9 Å². The highest BCUT2D eigenvalue weighted by atomic mass is 16.6. The van der Waals surface area contributed by atoms with Crippen LogP contribution in [-0.4, -0.2) is 128 Å². The van der Waals surface area contributed by atoms with Crippen molar-refractivity contribution in [2.75, 3.05) is 106 Å². The van der Waals surface area contributed by atoms with Gasteiger partial charge >= 0.3 is 5.97 Å². The molecule has 0 fully saturated rings. The van der Waals surface area contributed by atoms with E-state index >= 15 is 0 Å². The number of rotatable bonds is 39. The summed E-state index contributed by atoms with van der Waals surface area (Å²) < 4.78 is 43.0. The predicted molar refractivity (Wildman–Crippen MR) is 175 cm³/mol. The normalized spacial score (nSPS) is 12.2. The van der Waals surface area contributed by atoms with Gasteiger partial charge in [0.2, 0.25) is 0 Å². The van der Waals surface area contributed by atoms with Gasteiger partial charge in [-0.15, -0.1) is 0 Å². The molecule has 0 radical (unpaired) electrons. The number of aliphatic hydroxyl groups excluding tert-OH is 2. The Kier molecular flexibility index (Phi) is 38.5. The van der Waals surface area contributed by atoms with Gasteiger partial charge in [-0.2, -0.15) is 0 Å². The number of ether oxygens (including phenoxy) is 8. The maximum Gasteiger partial charge on any atom is 0.308 e. The van der Waals surface area contributed by atoms with Crippen LogP contribution < -0.4 is 0 Å². The number of carbonyl (C=O) groups is 1. The fourth-order valence-corrected chi connectivity index (χ4v) is 4.29. The van der Waals surface area contributed by atoms with Gasteiger partial charge in [-0.3, -0.25) is 4.79 Å². The van der Waals surface area contributed by atoms with E-state index in [0.29, 0.717) is 79.3 Å². The fourth-order valence-electron chi connectivity index (χ4n) is 4.29. The molecule has 0 aromatic carbocycles. The number of esters is 1. The molecule has 2 N–H and O–H groups in total. The van der Waals surface area contributed by atoms with Crippen LogP contribution >= 0.6 is 0 Å². The van der Waals surface area contributed by atoms with E-state index in [1.807, 2.05) is 0 Å². The summed E-state index contributed by atoms with van der Waals surface area (Å²) in [5.41, 5.74) is 0. The number of unbranched alkanes of at least 4 members (excludes halogenated alkanes) is 13. The van der Waals surface area contributed by atoms with E-state index in [4.69, 9.17) is 48.1 Å². The van der Waals surface area contributed by atoms with E-state index in [-0.39, 0.29) is 19.6 Å². The van der Waals surface area contributed by atoms with Crippen molar-refractivity contribution in [1.29, 1.82) is 0 Å². The van der Waals surface area contributed by atoms with Crippen LogP contribution in [0.4, 0.5) is 0 Å². The molecule has 270 valence electrons. The average molecular weight is 653 g/mol. The Hall–Kier alpha value is -0.890. The topological polar surface area (TPSA) is 131 Å². The van der Waals surface area contributed by atoms with E-state index in [1.54, 1.807) is 0 Å². The zero-order valence-electron chi connectivity index (χ0n) is 28.6. The summed E-state index contributed by atoms with van der Waals surface area (Å²) in [6.07, 6.45) is 18.2. The van der Waals surface area contributed by atoms with Gasteiger partial charge in [0.1, 0.15) is 12.7 Å². The summed E-state index contributed by atoms with van der Waals surface area (Å²) in [6.45, 7) is 8.62. The van der Waals surface area contributed by atoms with Crippen molar-refractivity contribution in [3.05, 3.63) is 0 Å². The van der Waals surface area contributed by atoms with Crippen molar-refractivity contribution in [2.24, 2.45) is 0 Å². The maximum atomic E-state index is 11.4. The van der Waals surface area contributed by atoms with Crippen LogP contribution in [0, 0.1) is 0 Å². The SMILES string of the molecule is CCCCCCCCCCCCCCCCOCCOCCOCCOCCOCCOCCOCCC(=O)OCC(O)CO. The third-order valence-corrected chi connectivity index (χ3v) is 6.97. The van der Waals surface area contributed by atoms with Crippen LogP contribution in [-0.2, 0) is 42.7 Å². The molecule has 0 aromatic heterocycles. The molecule has 0 aliphatic heterocycles. The Morgan fingerprint density at radius 2 is 0.778 bits per heavy atom. The first-order valence-corrected chi connectivity index (χ1v) is 17.7. The lowest BCUT2D eigenvalue weighted by atomic mass is 10.0. The second-order valence-corrected chi connectivity index (χ2v) is 11.2. The summed E-state index contributed by atoms with van der Waals surface area (Å²) in [5.74, 6) is -0.485. The molecular weight excluding hydrogens is 584 g/mol. The lowest BCUT2D eigenvalue weighted by Gasteiger charge is -2.09. The Bertz CT molecular complexity index is 568. The van der Waals surface area contributed by atoms with E-state index in [1.165, 1.54) is 83.5 Å². The minimum Gasteiger partial charge on any atom is -0.463 e. The van der Waals surface area contributed by atoms with E-state index < -0.39 is 18.7 Å². The number of hydrogen-bond donors (Lipinski definition) is 2. The summed E-state index contributed by atoms with van der Waals surface area (Å²) in [4.78, 5) is 11.4. The molecule has 0 heterocycles. The lowest BCUT2D eigenvalue weighted by Crippen LogP contribution is -2.22. The first kappa shape index (κ1) is 44.1. The Labute approximate surface area is 273 Å². The molecule has 0 aliphatic rings. The van der Waals surface area contributed by atoms with E-state index in [0.717, 1.165) is 13.0 Å². The van der Waals surface area contributed by atoms with Crippen molar-refractivity contribution in [3.8, 4) is 0 Å². The zero-order chi connectivity index (χ0) is 32.7. The van der Waals surface area contributed by atoms with Crippen LogP contribution in [0.15, 0.2) is 0 Å². The highest BCUT2D eigenvalue weighted by Gasteiger charge is 2.07. The van der Waals surface area contributed by atoms with Gasteiger partial charge in [0.05, 0.1) is 98.9 Å². The molecule has 0 rings (SSSR count). The third kappa shape index (κ3) is 39.2. The van der Waals surface area contributed by atoms with Crippen molar-refractivity contribution in [2.45, 2.75) is 109 Å². The predicted octanol–water partition coefficient (Wildman–Crippen LogP) is 4.87. The van der Waals surface area contributed by atoms with Crippen LogP contribution in [0.2, 0.25) is 0 Å². The van der Waals surface area contributed by atoms with Gasteiger partial charge in [-0.05, 0) is 6.42 Å². The fraction of sp³-hybridized carbons (Fsp3) is 0.971. The first-order valence-electron chi connectivity index (χ1n) is 17.7. The molecule has 0 amide bonds. The molecule has 1 atom stereocenters. The Morgan fingerprint density at radius 3 is 1.13 bits per heavy atom. The molecule has 11 heteroatoms. The highest BCUT2D eigenvalue weighted by Crippen LogP contribution is 2.13. The molecule has 11 nitrogen and oxygen atoms in total. The molecule has 0 saturated carbocycles. The van der Waals surface area contributed by atoms with Crippen LogP contribution in [0.3, 0.4) is 0 Å². The number of aliphatic hydroxyl groups is 2. The van der Waals surface area contributed by atoms with Crippen molar-refractivity contribution in [1.82, 2.24) is 0 Å². The van der Waals surface area contributed by atoms with Crippen LogP contribution in [0.25, 0.3) is 0 Å². The van der Waals surface area contributed by atoms with E-state index in [2.05, 4.69) is 6.92 Å². The Balaban J connectivity index is 3.09. The van der Waals surface area contributed by atoms with Gasteiger partial charge in [-0.1, -0.05) is 90.4 Å². The van der Waals surface area contributed by atoms with Crippen molar-refractivity contribution in [3.63, 3.8) is 0 Å². The van der Waals surface area contributed by atoms with Gasteiger partial charge in [0.15, 0.2) is 0 Å². The second kappa shape index (κ2) is 39.3. The van der Waals surface area contributed by atoms with Crippen molar-refractivity contribution >= 4 is 5.97 Å². The Morgan fingerprint density at radius 1 is 0.467 bits per heavy atom. The average Bonchev–Trinajstić information content (AvgIpc) is 3.05. The standard InChI is InChI=1S/C34H68O11/c1-2-3-4-5-6-7-8-9-10-11-12-13-14-15-17-38-19-21-40-23-25-42-27-29-44-30-28-43-26-24-41-22-20-39-18-16-34(37)45-32-33(36)31-35/h33,35-36H,2-32H2,1H3. The minimum atomic E-state index is -1.05. The number of carbonyl (C=O) groups excluding carboxylic acids is 1. The molecule has 0 aromatic rings. The highest BCUT2D eigenvalue weighted by molar-refractivity contribution is 5.69. The van der Waals surface area contributed by atoms with Gasteiger partial charge in [0.25, 0.3) is 0 Å².